The van der Waals surface area contributed by atoms with E-state index in [-0.39, 0.29) is 23.9 Å². The van der Waals surface area contributed by atoms with E-state index in [9.17, 15) is 4.39 Å². The number of nitrogens with two attached hydrogens (primary N) is 1. The highest BCUT2D eigenvalue weighted by Gasteiger charge is 2.27. The zero-order chi connectivity index (χ0) is 13.7. The first-order valence-corrected chi connectivity index (χ1v) is 6.83. The van der Waals surface area contributed by atoms with Gasteiger partial charge in [-0.2, -0.15) is 0 Å². The Bertz CT molecular complexity index is 387. The van der Waals surface area contributed by atoms with Crippen LogP contribution in [0.4, 0.5) is 4.39 Å². The zero-order valence-electron chi connectivity index (χ0n) is 10.9. The fourth-order valence-electron chi connectivity index (χ4n) is 1.98. The second kappa shape index (κ2) is 7.19. The van der Waals surface area contributed by atoms with Crippen LogP contribution in [0.3, 0.4) is 0 Å². The van der Waals surface area contributed by atoms with E-state index in [0.29, 0.717) is 12.2 Å². The molecular formula is C13H20BrFN2O. The molecule has 0 aromatic heterocycles. The van der Waals surface area contributed by atoms with Gasteiger partial charge in [0.1, 0.15) is 5.82 Å². The first-order valence-electron chi connectivity index (χ1n) is 6.03. The first-order chi connectivity index (χ1) is 8.51. The smallest absolute Gasteiger partial charge is 0.128 e. The summed E-state index contributed by atoms with van der Waals surface area (Å²) in [5.74, 6) is 5.52. The highest BCUT2D eigenvalue weighted by Crippen LogP contribution is 2.28. The summed E-state index contributed by atoms with van der Waals surface area (Å²) < 4.78 is 20.4. The summed E-state index contributed by atoms with van der Waals surface area (Å²) in [4.78, 5) is 0. The van der Waals surface area contributed by atoms with Crippen LogP contribution in [-0.2, 0) is 4.74 Å². The molecule has 1 rings (SSSR count). The number of halogens is 2. The Labute approximate surface area is 116 Å². The van der Waals surface area contributed by atoms with Gasteiger partial charge in [0.25, 0.3) is 0 Å². The van der Waals surface area contributed by atoms with E-state index in [2.05, 4.69) is 21.4 Å². The van der Waals surface area contributed by atoms with Gasteiger partial charge in [0, 0.05) is 16.6 Å². The van der Waals surface area contributed by atoms with E-state index in [4.69, 9.17) is 10.6 Å². The molecule has 0 saturated carbocycles. The van der Waals surface area contributed by atoms with E-state index >= 15 is 0 Å². The molecule has 102 valence electrons. The second-order valence-corrected chi connectivity index (χ2v) is 5.39. The summed E-state index contributed by atoms with van der Waals surface area (Å²) in [7, 11) is 0. The highest BCUT2D eigenvalue weighted by molar-refractivity contribution is 9.10. The van der Waals surface area contributed by atoms with Crippen molar-refractivity contribution in [2.45, 2.75) is 32.9 Å². The molecule has 1 aromatic carbocycles. The summed E-state index contributed by atoms with van der Waals surface area (Å²) in [6, 6.07) is 4.45. The van der Waals surface area contributed by atoms with E-state index in [1.807, 2.05) is 20.8 Å². The van der Waals surface area contributed by atoms with Crippen molar-refractivity contribution in [1.29, 1.82) is 0 Å². The maximum absolute atomic E-state index is 13.9. The van der Waals surface area contributed by atoms with Gasteiger partial charge in [0.2, 0.25) is 0 Å². The van der Waals surface area contributed by atoms with Gasteiger partial charge < -0.3 is 4.74 Å². The van der Waals surface area contributed by atoms with Crippen LogP contribution in [0.1, 0.15) is 32.4 Å². The maximum atomic E-state index is 13.9. The molecule has 3 nitrogen and oxygen atoms in total. The molecule has 2 atom stereocenters. The van der Waals surface area contributed by atoms with Crippen LogP contribution in [0.5, 0.6) is 0 Å². The number of hydrogen-bond donors (Lipinski definition) is 2. The molecule has 0 aliphatic heterocycles. The topological polar surface area (TPSA) is 47.3 Å². The minimum atomic E-state index is -0.373. The minimum Gasteiger partial charge on any atom is -0.376 e. The van der Waals surface area contributed by atoms with Crippen LogP contribution in [0.2, 0.25) is 0 Å². The molecule has 1 aromatic rings. The Morgan fingerprint density at radius 2 is 2.11 bits per heavy atom. The van der Waals surface area contributed by atoms with Crippen LogP contribution in [-0.4, -0.2) is 12.7 Å². The lowest BCUT2D eigenvalue weighted by Crippen LogP contribution is -2.41. The molecular weight excluding hydrogens is 299 g/mol. The average Bonchev–Trinajstić information content (AvgIpc) is 2.33. The summed E-state index contributed by atoms with van der Waals surface area (Å²) in [5.41, 5.74) is 3.18. The molecule has 0 bridgehead atoms. The quantitative estimate of drug-likeness (QED) is 0.625. The van der Waals surface area contributed by atoms with Gasteiger partial charge in [0.05, 0.1) is 12.1 Å². The van der Waals surface area contributed by atoms with Gasteiger partial charge in [-0.05, 0) is 31.0 Å². The highest BCUT2D eigenvalue weighted by atomic mass is 79.9. The van der Waals surface area contributed by atoms with Crippen molar-refractivity contribution in [3.8, 4) is 0 Å². The number of ether oxygens (including phenoxy) is 1. The third-order valence-electron chi connectivity index (χ3n) is 2.82. The zero-order valence-corrected chi connectivity index (χ0v) is 12.5. The summed E-state index contributed by atoms with van der Waals surface area (Å²) in [6.45, 7) is 6.54. The molecule has 18 heavy (non-hydrogen) atoms. The normalized spacial score (nSPS) is 14.8. The van der Waals surface area contributed by atoms with Crippen LogP contribution in [0.15, 0.2) is 22.7 Å². The predicted molar refractivity (Wildman–Crippen MR) is 74.4 cm³/mol. The van der Waals surface area contributed by atoms with Crippen molar-refractivity contribution in [3.63, 3.8) is 0 Å². The fourth-order valence-corrected chi connectivity index (χ4v) is 2.36. The van der Waals surface area contributed by atoms with E-state index < -0.39 is 0 Å². The van der Waals surface area contributed by atoms with Crippen LogP contribution < -0.4 is 11.3 Å². The van der Waals surface area contributed by atoms with E-state index in [1.54, 1.807) is 12.1 Å². The standard InChI is InChI=1S/C13H20BrFN2O/c1-4-18-13(8(2)3)12(17-16)10-7-9(14)5-6-11(10)15/h5-8,12-13,17H,4,16H2,1-3H3. The van der Waals surface area contributed by atoms with Crippen molar-refractivity contribution >= 4 is 15.9 Å². The average molecular weight is 319 g/mol. The molecule has 0 radical (unpaired) electrons. The Hall–Kier alpha value is -0.490. The molecule has 0 amide bonds. The third-order valence-corrected chi connectivity index (χ3v) is 3.31. The SMILES string of the molecule is CCOC(C(C)C)C(NN)c1cc(Br)ccc1F. The van der Waals surface area contributed by atoms with Gasteiger partial charge in [-0.15, -0.1) is 0 Å². The lowest BCUT2D eigenvalue weighted by molar-refractivity contribution is 0.00195. The molecule has 0 aliphatic rings. The van der Waals surface area contributed by atoms with Gasteiger partial charge in [-0.3, -0.25) is 11.3 Å². The number of hydrogen-bond acceptors (Lipinski definition) is 3. The molecule has 0 spiro atoms. The third kappa shape index (κ3) is 3.75. The largest absolute Gasteiger partial charge is 0.376 e. The molecule has 0 fully saturated rings. The van der Waals surface area contributed by atoms with Gasteiger partial charge in [-0.25, -0.2) is 4.39 Å². The Morgan fingerprint density at radius 1 is 1.44 bits per heavy atom. The van der Waals surface area contributed by atoms with Crippen molar-refractivity contribution in [2.24, 2.45) is 11.8 Å². The molecule has 0 heterocycles. The number of nitrogens with one attached hydrogen (secondary N) is 1. The van der Waals surface area contributed by atoms with Gasteiger partial charge >= 0.3 is 0 Å². The molecule has 2 unspecified atom stereocenters. The van der Waals surface area contributed by atoms with Crippen molar-refractivity contribution in [2.75, 3.05) is 6.61 Å². The molecule has 0 saturated heterocycles. The predicted octanol–water partition coefficient (Wildman–Crippen LogP) is 3.15. The maximum Gasteiger partial charge on any atom is 0.128 e. The van der Waals surface area contributed by atoms with Crippen molar-refractivity contribution in [3.05, 3.63) is 34.1 Å². The first kappa shape index (κ1) is 15.6. The summed E-state index contributed by atoms with van der Waals surface area (Å²) in [5, 5.41) is 0. The summed E-state index contributed by atoms with van der Waals surface area (Å²) >= 11 is 3.34. The second-order valence-electron chi connectivity index (χ2n) is 4.47. The van der Waals surface area contributed by atoms with Crippen LogP contribution >= 0.6 is 15.9 Å². The van der Waals surface area contributed by atoms with Gasteiger partial charge in [0.15, 0.2) is 0 Å². The van der Waals surface area contributed by atoms with Crippen molar-refractivity contribution in [1.82, 2.24) is 5.43 Å². The Balaban J connectivity index is 3.10. The number of benzene rings is 1. The molecule has 5 heteroatoms. The lowest BCUT2D eigenvalue weighted by atomic mass is 9.93. The number of hydrazine groups is 1. The van der Waals surface area contributed by atoms with Gasteiger partial charge in [-0.1, -0.05) is 29.8 Å². The Morgan fingerprint density at radius 3 is 2.61 bits per heavy atom. The van der Waals surface area contributed by atoms with E-state index in [1.165, 1.54) is 6.07 Å². The summed E-state index contributed by atoms with van der Waals surface area (Å²) in [6.07, 6.45) is -0.177. The van der Waals surface area contributed by atoms with Crippen LogP contribution in [0, 0.1) is 11.7 Å². The lowest BCUT2D eigenvalue weighted by Gasteiger charge is -2.30. The minimum absolute atomic E-state index is 0.177. The number of rotatable bonds is 6. The van der Waals surface area contributed by atoms with Crippen LogP contribution in [0.25, 0.3) is 0 Å². The monoisotopic (exact) mass is 318 g/mol. The molecule has 3 N–H and O–H groups in total. The molecule has 0 aliphatic carbocycles. The van der Waals surface area contributed by atoms with E-state index in [0.717, 1.165) is 4.47 Å². The van der Waals surface area contributed by atoms with Crippen molar-refractivity contribution < 1.29 is 9.13 Å². The Kier molecular flexibility index (Phi) is 6.21. The fraction of sp³-hybridized carbons (Fsp3) is 0.538.